The van der Waals surface area contributed by atoms with Gasteiger partial charge in [-0.3, -0.25) is 19.3 Å². The number of carboxylic acids is 1. The molecule has 2 amide bonds. The first kappa shape index (κ1) is 34.3. The van der Waals surface area contributed by atoms with E-state index in [-0.39, 0.29) is 81.5 Å². The number of aliphatic carboxylic acids is 1. The van der Waals surface area contributed by atoms with Crippen molar-refractivity contribution in [2.75, 3.05) is 11.5 Å². The van der Waals surface area contributed by atoms with Crippen LogP contribution in [0.4, 0.5) is 5.13 Å². The quantitative estimate of drug-likeness (QED) is 0.0317. The third-order valence-electron chi connectivity index (χ3n) is 6.81. The number of thiazole rings is 1. The number of nitrogen functional groups attached to an aromatic ring is 1. The summed E-state index contributed by atoms with van der Waals surface area (Å²) >= 11 is 2.22. The fourth-order valence-electron chi connectivity index (χ4n) is 4.63. The van der Waals surface area contributed by atoms with Crippen LogP contribution in [0.3, 0.4) is 0 Å². The summed E-state index contributed by atoms with van der Waals surface area (Å²) in [5.74, 6) is -3.99. The van der Waals surface area contributed by atoms with E-state index >= 15 is 0 Å². The number of fused-ring (bicyclic) bond motifs is 1. The number of hydrogen-bond acceptors (Lipinski definition) is 17. The van der Waals surface area contributed by atoms with Crippen LogP contribution < -0.4 is 16.6 Å². The van der Waals surface area contributed by atoms with Crippen LogP contribution in [-0.2, 0) is 32.4 Å². The van der Waals surface area contributed by atoms with Gasteiger partial charge in [0.2, 0.25) is 0 Å². The number of nitrogens with zero attached hydrogens (tertiary/aromatic N) is 8. The molecular formula is C25H22N11NaO9S2. The maximum atomic E-state index is 13.4. The number of aromatic hydroxyl groups is 3. The van der Waals surface area contributed by atoms with Crippen LogP contribution in [0.5, 0.6) is 17.2 Å². The number of oxime groups is 1. The number of amides is 2. The number of aromatic nitrogens is 7. The molecular weight excluding hydrogens is 685 g/mol. The van der Waals surface area contributed by atoms with Gasteiger partial charge in [-0.05, 0) is 34.2 Å². The number of thioether (sulfide) groups is 1. The predicted octanol–water partition coefficient (Wildman–Crippen LogP) is -1.71. The molecule has 1 aromatic carbocycles. The number of benzene rings is 1. The number of phenolic OH excluding ortho intramolecular Hbond substituents is 2. The Hall–Kier alpha value is -5.03. The van der Waals surface area contributed by atoms with Gasteiger partial charge in [0.15, 0.2) is 40.5 Å². The van der Waals surface area contributed by atoms with Crippen LogP contribution >= 0.6 is 23.1 Å². The Balaban J connectivity index is 0.00000451. The van der Waals surface area contributed by atoms with Crippen LogP contribution in [-0.4, -0.2) is 131 Å². The van der Waals surface area contributed by atoms with E-state index in [1.807, 2.05) is 0 Å². The first-order chi connectivity index (χ1) is 22.5. The van der Waals surface area contributed by atoms with E-state index in [9.17, 15) is 39.6 Å². The van der Waals surface area contributed by atoms with Gasteiger partial charge in [-0.1, -0.05) is 5.16 Å². The molecule has 8 N–H and O–H groups in total. The van der Waals surface area contributed by atoms with Crippen molar-refractivity contribution in [3.8, 4) is 28.6 Å². The average Bonchev–Trinajstić information content (AvgIpc) is 3.69. The van der Waals surface area contributed by atoms with E-state index in [0.717, 1.165) is 22.4 Å². The van der Waals surface area contributed by atoms with Gasteiger partial charge in [-0.25, -0.2) is 19.4 Å². The normalized spacial score (nSPS) is 17.3. The van der Waals surface area contributed by atoms with Crippen LogP contribution in [0.15, 0.2) is 51.0 Å². The third kappa shape index (κ3) is 6.68. The van der Waals surface area contributed by atoms with Crippen LogP contribution in [0.25, 0.3) is 11.4 Å². The number of nitrogens with two attached hydrogens (primary N) is 1. The number of carbonyl (C=O) groups is 3. The van der Waals surface area contributed by atoms with E-state index in [2.05, 4.69) is 40.9 Å². The van der Waals surface area contributed by atoms with Crippen molar-refractivity contribution in [1.29, 1.82) is 0 Å². The Morgan fingerprint density at radius 3 is 2.67 bits per heavy atom. The van der Waals surface area contributed by atoms with Crippen molar-refractivity contribution in [1.82, 2.24) is 45.4 Å². The molecule has 20 nitrogen and oxygen atoms in total. The number of β-lactam (4-membered cyclic amide) rings is 1. The van der Waals surface area contributed by atoms with E-state index in [0.29, 0.717) is 11.1 Å². The zero-order valence-electron chi connectivity index (χ0n) is 23.5. The Kier molecular flexibility index (Phi) is 10.00. The molecule has 244 valence electrons. The number of carboxylic acid groups (broad SMARTS) is 1. The number of aromatic amines is 1. The predicted molar refractivity (Wildman–Crippen MR) is 168 cm³/mol. The molecule has 0 bridgehead atoms. The molecule has 2 aliphatic rings. The Bertz CT molecular complexity index is 2050. The zero-order chi connectivity index (χ0) is 33.4. The summed E-state index contributed by atoms with van der Waals surface area (Å²) < 4.78 is 1.29. The third-order valence-corrected chi connectivity index (χ3v) is 8.83. The molecule has 6 rings (SSSR count). The second-order valence-corrected chi connectivity index (χ2v) is 11.8. The molecule has 2 atom stereocenters. The molecule has 5 heterocycles. The molecule has 3 aromatic heterocycles. The molecule has 23 heteroatoms. The molecule has 0 spiro atoms. The number of nitrogens with one attached hydrogen (secondary N) is 2. The minimum absolute atomic E-state index is 0. The van der Waals surface area contributed by atoms with E-state index in [1.54, 1.807) is 0 Å². The van der Waals surface area contributed by atoms with E-state index < -0.39 is 52.9 Å². The average molecular weight is 708 g/mol. The SMILES string of the molecule is Nc1nc(C(=NOCc2ncc(O)c(=O)[nH]2)C(=O)N[C@@H]2C(=O)N3C(C(=O)O)=C(Cn4nnnc4-c4ccc(O)c(O)c4)CS[C@H]23)cs1.[NaH]. The topological polar surface area (TPSA) is 297 Å². The minimum atomic E-state index is -1.38. The van der Waals surface area contributed by atoms with Crippen molar-refractivity contribution in [3.63, 3.8) is 0 Å². The number of hydrogen-bond donors (Lipinski definition) is 7. The summed E-state index contributed by atoms with van der Waals surface area (Å²) in [7, 11) is 0. The van der Waals surface area contributed by atoms with Crippen LogP contribution in [0.2, 0.25) is 0 Å². The van der Waals surface area contributed by atoms with Gasteiger partial charge >= 0.3 is 35.5 Å². The van der Waals surface area contributed by atoms with Crippen molar-refractivity contribution >= 4 is 81.3 Å². The Morgan fingerprint density at radius 2 is 1.98 bits per heavy atom. The summed E-state index contributed by atoms with van der Waals surface area (Å²) in [5.41, 5.74) is 4.96. The molecule has 0 aliphatic carbocycles. The number of anilines is 1. The van der Waals surface area contributed by atoms with Gasteiger partial charge < -0.3 is 41.3 Å². The molecule has 2 aliphatic heterocycles. The molecule has 0 radical (unpaired) electrons. The second kappa shape index (κ2) is 14.0. The number of carbonyl (C=O) groups excluding carboxylic acids is 2. The zero-order valence-corrected chi connectivity index (χ0v) is 25.1. The summed E-state index contributed by atoms with van der Waals surface area (Å²) in [4.78, 5) is 67.0. The van der Waals surface area contributed by atoms with Gasteiger partial charge in [0.1, 0.15) is 28.6 Å². The van der Waals surface area contributed by atoms with E-state index in [4.69, 9.17) is 10.6 Å². The molecule has 1 fully saturated rings. The molecule has 0 unspecified atom stereocenters. The summed E-state index contributed by atoms with van der Waals surface area (Å²) in [6.07, 6.45) is 0.917. The van der Waals surface area contributed by atoms with Crippen molar-refractivity contribution in [2.24, 2.45) is 5.16 Å². The van der Waals surface area contributed by atoms with Crippen LogP contribution in [0.1, 0.15) is 11.5 Å². The second-order valence-electron chi connectivity index (χ2n) is 9.81. The van der Waals surface area contributed by atoms with Gasteiger partial charge in [0.05, 0.1) is 12.7 Å². The first-order valence-electron chi connectivity index (χ1n) is 13.2. The Morgan fingerprint density at radius 1 is 1.19 bits per heavy atom. The van der Waals surface area contributed by atoms with Gasteiger partial charge in [0.25, 0.3) is 17.4 Å². The Labute approximate surface area is 297 Å². The fraction of sp³-hybridized carbons (Fsp3) is 0.200. The fourth-order valence-corrected chi connectivity index (χ4v) is 6.52. The molecule has 48 heavy (non-hydrogen) atoms. The summed E-state index contributed by atoms with van der Waals surface area (Å²) in [6.45, 7) is -0.514. The summed E-state index contributed by atoms with van der Waals surface area (Å²) in [5, 5.41) is 57.6. The van der Waals surface area contributed by atoms with Gasteiger partial charge in [-0.15, -0.1) is 28.2 Å². The first-order valence-corrected chi connectivity index (χ1v) is 15.1. The molecule has 4 aromatic rings. The van der Waals surface area contributed by atoms with Crippen molar-refractivity contribution < 1.29 is 39.6 Å². The standard InChI is InChI=1S/C25H21N11O9S2.Na.H/c26-25-28-11(8-47-25)16(32-45-6-15-27-4-14(39)20(40)29-15)21(41)30-17-22(42)36-18(24(43)44)10(7-46-23(17)36)5-35-19(31-33-34-35)9-1-2-12(37)13(38)3-9;;/h1-4,8,17,23,37-39H,5-7H2,(H2,26,28)(H,30,41)(H,43,44)(H,27,29,40);;/t17-,23-;;/m1../s1. The van der Waals surface area contributed by atoms with Gasteiger partial charge in [0, 0.05) is 16.7 Å². The molecule has 1 saturated heterocycles. The number of phenols is 2. The van der Waals surface area contributed by atoms with E-state index in [1.165, 1.54) is 40.0 Å². The number of H-pyrrole nitrogens is 1. The summed E-state index contributed by atoms with van der Waals surface area (Å²) in [6, 6.07) is 2.83. The monoisotopic (exact) mass is 707 g/mol. The van der Waals surface area contributed by atoms with Crippen molar-refractivity contribution in [3.05, 3.63) is 62.9 Å². The van der Waals surface area contributed by atoms with Crippen molar-refractivity contribution in [2.45, 2.75) is 24.6 Å². The number of rotatable bonds is 10. The molecule has 0 saturated carbocycles. The number of tetrazole rings is 1. The maximum absolute atomic E-state index is 13.4. The van der Waals surface area contributed by atoms with Crippen LogP contribution in [0, 0.1) is 0 Å². The van der Waals surface area contributed by atoms with Gasteiger partial charge in [-0.2, -0.15) is 0 Å².